The first-order valence-electron chi connectivity index (χ1n) is 12.3. The minimum absolute atomic E-state index is 0.0704. The number of nitrogens with one attached hydrogen (secondary N) is 2. The lowest BCUT2D eigenvalue weighted by molar-refractivity contribution is -0.114. The Morgan fingerprint density at radius 1 is 1.22 bits per heavy atom. The Morgan fingerprint density at radius 2 is 2.03 bits per heavy atom. The normalized spacial score (nSPS) is 15.8. The monoisotopic (exact) mass is 504 g/mol. The number of carbonyl (C=O) groups excluding carboxylic acids is 1. The Hall–Kier alpha value is -3.99. The molecule has 11 heteroatoms. The van der Waals surface area contributed by atoms with Crippen LogP contribution in [0, 0.1) is 6.92 Å². The number of imidazole rings is 1. The van der Waals surface area contributed by atoms with Gasteiger partial charge in [0.05, 0.1) is 24.4 Å². The Kier molecular flexibility index (Phi) is 6.32. The Balaban J connectivity index is 1.44. The molecule has 1 saturated heterocycles. The molecular formula is C26H32N8O3. The molecule has 37 heavy (non-hydrogen) atoms. The van der Waals surface area contributed by atoms with Crippen molar-refractivity contribution < 1.29 is 14.3 Å². The first-order valence-corrected chi connectivity index (χ1v) is 12.3. The molecule has 5 heterocycles. The summed E-state index contributed by atoms with van der Waals surface area (Å²) in [5.41, 5.74) is 3.40. The van der Waals surface area contributed by atoms with Crippen LogP contribution in [-0.2, 0) is 22.0 Å². The van der Waals surface area contributed by atoms with Gasteiger partial charge in [0.25, 0.3) is 0 Å². The van der Waals surface area contributed by atoms with Crippen LogP contribution in [0.4, 0.5) is 17.6 Å². The summed E-state index contributed by atoms with van der Waals surface area (Å²) in [7, 11) is 1.93. The predicted octanol–water partition coefficient (Wildman–Crippen LogP) is 4.62. The van der Waals surface area contributed by atoms with Crippen molar-refractivity contribution in [1.82, 2.24) is 29.3 Å². The van der Waals surface area contributed by atoms with E-state index in [4.69, 9.17) is 19.6 Å². The lowest BCUT2D eigenvalue weighted by atomic mass is 9.91. The molecule has 0 aliphatic carbocycles. The second-order valence-corrected chi connectivity index (χ2v) is 10.3. The molecule has 0 spiro atoms. The van der Waals surface area contributed by atoms with Crippen LogP contribution in [0.1, 0.15) is 51.4 Å². The average molecular weight is 505 g/mol. The predicted molar refractivity (Wildman–Crippen MR) is 141 cm³/mol. The zero-order valence-electron chi connectivity index (χ0n) is 22.0. The zero-order valence-corrected chi connectivity index (χ0v) is 22.0. The maximum absolute atomic E-state index is 11.4. The van der Waals surface area contributed by atoms with Crippen LogP contribution in [0.25, 0.3) is 11.2 Å². The third-order valence-electron chi connectivity index (χ3n) is 6.36. The fourth-order valence-electron chi connectivity index (χ4n) is 4.52. The van der Waals surface area contributed by atoms with E-state index >= 15 is 0 Å². The highest BCUT2D eigenvalue weighted by atomic mass is 16.5. The van der Waals surface area contributed by atoms with Crippen LogP contribution < -0.4 is 15.4 Å². The summed E-state index contributed by atoms with van der Waals surface area (Å²) in [5, 5.41) is 10.9. The van der Waals surface area contributed by atoms with E-state index in [1.54, 1.807) is 24.5 Å². The molecule has 4 aromatic heterocycles. The van der Waals surface area contributed by atoms with Gasteiger partial charge in [0.15, 0.2) is 17.2 Å². The molecule has 0 unspecified atom stereocenters. The summed E-state index contributed by atoms with van der Waals surface area (Å²) >= 11 is 0. The maximum Gasteiger partial charge on any atom is 0.222 e. The van der Waals surface area contributed by atoms with Crippen molar-refractivity contribution in [2.45, 2.75) is 52.5 Å². The molecule has 0 saturated carbocycles. The fraction of sp³-hybridized carbons (Fsp3) is 0.423. The molecule has 2 N–H and O–H groups in total. The van der Waals surface area contributed by atoms with E-state index in [1.165, 1.54) is 6.92 Å². The highest BCUT2D eigenvalue weighted by Crippen LogP contribution is 2.34. The van der Waals surface area contributed by atoms with Gasteiger partial charge in [-0.2, -0.15) is 10.1 Å². The number of fused-ring (bicyclic) bond motifs is 1. The number of rotatable bonds is 6. The first-order chi connectivity index (χ1) is 17.6. The molecule has 4 aromatic rings. The van der Waals surface area contributed by atoms with Crippen LogP contribution in [0.3, 0.4) is 0 Å². The van der Waals surface area contributed by atoms with Crippen molar-refractivity contribution in [3.05, 3.63) is 41.9 Å². The summed E-state index contributed by atoms with van der Waals surface area (Å²) < 4.78 is 15.8. The van der Waals surface area contributed by atoms with Gasteiger partial charge in [-0.3, -0.25) is 9.48 Å². The number of ether oxygens (including phenoxy) is 2. The van der Waals surface area contributed by atoms with Gasteiger partial charge in [0, 0.05) is 55.6 Å². The summed E-state index contributed by atoms with van der Waals surface area (Å²) in [6.07, 6.45) is 4.18. The molecule has 0 radical (unpaired) electrons. The van der Waals surface area contributed by atoms with E-state index < -0.39 is 0 Å². The number of hydrogen-bond acceptors (Lipinski definition) is 8. The molecular weight excluding hydrogens is 472 g/mol. The SMILES string of the molecule is CC(=O)Nc1cc(Oc2cnc3nc(Nc4cc(C(C)(C)C)n([C@H]5CCOC5)n4)n(C)c3c2C)ccn1. The van der Waals surface area contributed by atoms with Gasteiger partial charge in [-0.05, 0) is 19.4 Å². The van der Waals surface area contributed by atoms with Crippen LogP contribution in [-0.4, -0.2) is 48.4 Å². The number of anilines is 3. The van der Waals surface area contributed by atoms with Crippen LogP contribution in [0.2, 0.25) is 0 Å². The number of aryl methyl sites for hydroxylation is 2. The minimum atomic E-state index is -0.199. The smallest absolute Gasteiger partial charge is 0.222 e. The highest BCUT2D eigenvalue weighted by molar-refractivity contribution is 5.87. The molecule has 1 aliphatic rings. The average Bonchev–Trinajstić information content (AvgIpc) is 3.55. The van der Waals surface area contributed by atoms with Gasteiger partial charge in [0.1, 0.15) is 11.6 Å². The number of aromatic nitrogens is 6. The quantitative estimate of drug-likeness (QED) is 0.390. The summed E-state index contributed by atoms with van der Waals surface area (Å²) in [6, 6.07) is 5.71. The molecule has 5 rings (SSSR count). The van der Waals surface area contributed by atoms with Crippen molar-refractivity contribution in [2.24, 2.45) is 7.05 Å². The summed E-state index contributed by atoms with van der Waals surface area (Å²) in [4.78, 5) is 24.7. The van der Waals surface area contributed by atoms with E-state index in [-0.39, 0.29) is 17.4 Å². The van der Waals surface area contributed by atoms with Crippen LogP contribution >= 0.6 is 0 Å². The Bertz CT molecular complexity index is 1460. The molecule has 1 fully saturated rings. The largest absolute Gasteiger partial charge is 0.455 e. The van der Waals surface area contributed by atoms with Crippen LogP contribution in [0.15, 0.2) is 30.6 Å². The Labute approximate surface area is 215 Å². The van der Waals surface area contributed by atoms with Crippen molar-refractivity contribution >= 4 is 34.7 Å². The molecule has 0 bridgehead atoms. The standard InChI is InChI=1S/C26H32N8O3/c1-15-19(37-18-7-9-27-21(11-18)29-16(2)35)13-28-24-23(15)33(6)25(31-24)30-22-12-20(26(3,4)5)34(32-22)17-8-10-36-14-17/h7,9,11-13,17H,8,10,14H2,1-6H3,(H,27,29,35)(H,28,30,31,32)/t17-/m0/s1. The topological polar surface area (TPSA) is 121 Å². The second kappa shape index (κ2) is 9.47. The van der Waals surface area contributed by atoms with Crippen molar-refractivity contribution in [1.29, 1.82) is 0 Å². The number of pyridine rings is 2. The minimum Gasteiger partial charge on any atom is -0.455 e. The fourth-order valence-corrected chi connectivity index (χ4v) is 4.52. The molecule has 11 nitrogen and oxygen atoms in total. The maximum atomic E-state index is 11.4. The van der Waals surface area contributed by atoms with E-state index in [2.05, 4.69) is 52.1 Å². The molecule has 0 aromatic carbocycles. The second-order valence-electron chi connectivity index (χ2n) is 10.3. The van der Waals surface area contributed by atoms with Gasteiger partial charge in [-0.25, -0.2) is 9.97 Å². The van der Waals surface area contributed by atoms with Crippen molar-refractivity contribution in [3.63, 3.8) is 0 Å². The van der Waals surface area contributed by atoms with Gasteiger partial charge < -0.3 is 24.7 Å². The zero-order chi connectivity index (χ0) is 26.3. The molecule has 194 valence electrons. The van der Waals surface area contributed by atoms with Crippen molar-refractivity contribution in [2.75, 3.05) is 23.8 Å². The number of amides is 1. The first kappa shape index (κ1) is 24.7. The molecule has 1 atom stereocenters. The number of hydrogen-bond donors (Lipinski definition) is 2. The Morgan fingerprint density at radius 3 is 2.73 bits per heavy atom. The van der Waals surface area contributed by atoms with E-state index in [1.807, 2.05) is 18.5 Å². The third-order valence-corrected chi connectivity index (χ3v) is 6.36. The van der Waals surface area contributed by atoms with E-state index in [9.17, 15) is 4.79 Å². The van der Waals surface area contributed by atoms with Gasteiger partial charge in [-0.1, -0.05) is 20.8 Å². The highest BCUT2D eigenvalue weighted by Gasteiger charge is 2.28. The van der Waals surface area contributed by atoms with E-state index in [0.717, 1.165) is 35.6 Å². The lowest BCUT2D eigenvalue weighted by Crippen LogP contribution is -2.22. The number of nitrogens with zero attached hydrogens (tertiary/aromatic N) is 6. The lowest BCUT2D eigenvalue weighted by Gasteiger charge is -2.22. The molecule has 1 aliphatic heterocycles. The van der Waals surface area contributed by atoms with Gasteiger partial charge in [0.2, 0.25) is 11.9 Å². The molecule has 1 amide bonds. The van der Waals surface area contributed by atoms with Crippen molar-refractivity contribution in [3.8, 4) is 11.5 Å². The van der Waals surface area contributed by atoms with Crippen LogP contribution in [0.5, 0.6) is 11.5 Å². The summed E-state index contributed by atoms with van der Waals surface area (Å²) in [6.45, 7) is 11.4. The third kappa shape index (κ3) is 4.99. The van der Waals surface area contributed by atoms with Gasteiger partial charge >= 0.3 is 0 Å². The van der Waals surface area contributed by atoms with E-state index in [0.29, 0.717) is 35.5 Å². The summed E-state index contributed by atoms with van der Waals surface area (Å²) in [5.74, 6) is 2.71. The van der Waals surface area contributed by atoms with Gasteiger partial charge in [-0.15, -0.1) is 0 Å². The number of carbonyl (C=O) groups is 1.